The molecule has 1 spiro atoms. The Bertz CT molecular complexity index is 3420. The zero-order valence-corrected chi connectivity index (χ0v) is 47.7. The first-order valence-corrected chi connectivity index (χ1v) is 30.5. The number of aromatic hydroxyl groups is 3. The molecule has 6 unspecified atom stereocenters. The predicted octanol–water partition coefficient (Wildman–Crippen LogP) is 10.8. The summed E-state index contributed by atoms with van der Waals surface area (Å²) in [6.07, 6.45) is 19.0. The van der Waals surface area contributed by atoms with Crippen LogP contribution < -0.4 is 15.4 Å². The van der Waals surface area contributed by atoms with Gasteiger partial charge in [-0.15, -0.1) is 0 Å². The molecule has 2 aliphatic carbocycles. The van der Waals surface area contributed by atoms with Gasteiger partial charge in [0.25, 0.3) is 0 Å². The fourth-order valence-corrected chi connectivity index (χ4v) is 14.8. The largest absolute Gasteiger partial charge is 0.508 e. The van der Waals surface area contributed by atoms with Crippen LogP contribution in [0.2, 0.25) is 0 Å². The van der Waals surface area contributed by atoms with E-state index in [0.29, 0.717) is 69.7 Å². The average molecular weight is 1120 g/mol. The van der Waals surface area contributed by atoms with Gasteiger partial charge in [0.1, 0.15) is 30.1 Å². The van der Waals surface area contributed by atoms with Gasteiger partial charge in [-0.1, -0.05) is 79.3 Å². The zero-order valence-electron chi connectivity index (χ0n) is 47.7. The van der Waals surface area contributed by atoms with Crippen molar-refractivity contribution in [3.05, 3.63) is 171 Å². The Morgan fingerprint density at radius 3 is 2.54 bits per heavy atom. The molecule has 6 aliphatic rings. The van der Waals surface area contributed by atoms with Crippen molar-refractivity contribution in [3.63, 3.8) is 0 Å². The number of hydrogen-bond acceptors (Lipinski definition) is 12. The van der Waals surface area contributed by atoms with Crippen LogP contribution >= 0.6 is 0 Å². The van der Waals surface area contributed by atoms with E-state index in [-0.39, 0.29) is 85.3 Å². The number of ether oxygens (including phenoxy) is 4. The maximum Gasteiger partial charge on any atom is 0.161 e. The van der Waals surface area contributed by atoms with E-state index in [1.807, 2.05) is 24.3 Å². The smallest absolute Gasteiger partial charge is 0.161 e. The summed E-state index contributed by atoms with van der Waals surface area (Å²) in [5, 5.41) is 74.1. The third kappa shape index (κ3) is 12.2. The summed E-state index contributed by atoms with van der Waals surface area (Å²) in [7, 11) is 0. The number of aliphatic hydroxyl groups is 3. The van der Waals surface area contributed by atoms with Crippen molar-refractivity contribution in [2.24, 2.45) is 11.8 Å². The molecule has 12 rings (SSSR count). The van der Waals surface area contributed by atoms with Crippen molar-refractivity contribution < 1.29 is 49.6 Å². The second-order valence-electron chi connectivity index (χ2n) is 24.4. The summed E-state index contributed by atoms with van der Waals surface area (Å²) < 4.78 is 28.5. The van der Waals surface area contributed by atoms with Crippen LogP contribution in [0, 0.1) is 23.7 Å². The molecule has 1 aromatic heterocycles. The highest BCUT2D eigenvalue weighted by molar-refractivity contribution is 5.89. The van der Waals surface area contributed by atoms with Crippen molar-refractivity contribution in [3.8, 4) is 34.8 Å². The van der Waals surface area contributed by atoms with E-state index < -0.39 is 6.10 Å². The zero-order chi connectivity index (χ0) is 56.9. The molecule has 436 valence electrons. The SMILES string of the molecule is OCCCCOCNC1C=C2C#CC(CCc3ccc(O)c(Cc4cccc(O)c4)c3)CCCC3CC(O)CCc4cc(c(O)cc4CO)OCc4cc(C56CCOCC5CC5(CCCC5)c5ccccc56)cc5cn(cc45)C(=C2CO3)N1. The van der Waals surface area contributed by atoms with E-state index in [4.69, 9.17) is 18.9 Å². The van der Waals surface area contributed by atoms with E-state index in [2.05, 4.69) is 88.0 Å². The normalized spacial score (nSPS) is 24.1. The van der Waals surface area contributed by atoms with E-state index in [1.165, 1.54) is 42.4 Å². The number of rotatable bonds is 14. The third-order valence-electron chi connectivity index (χ3n) is 19.1. The van der Waals surface area contributed by atoms with Gasteiger partial charge < -0.3 is 59.5 Å². The quantitative estimate of drug-likeness (QED) is 0.0294. The standard InChI is InChI=1S/C70H81N3O10/c74-26-5-6-27-81-45-71-67-36-50-19-17-46(15-16-47-18-22-64(78)51(29-47)30-48-10-7-11-57(76)31-48)9-8-12-59-37-58(77)21-20-49-35-66(65(79)34-53(49)41-75)83-42-54-33-55(32-52-39-73(40-60(52)54)68(72-67)61(50)44-82-59)70-25-28-80-43-56(70)38-69(23-3-4-24-69)62-13-1-2-14-63(62)70/h1-2,7,10-11,13-14,18,22,29,31-36,39-40,46,56,58-59,67,71-72,74-79H,3-6,8-9,12,15-16,20-21,23-28,30,37-38,41-45H2. The van der Waals surface area contributed by atoms with E-state index in [0.717, 1.165) is 101 Å². The van der Waals surface area contributed by atoms with Crippen LogP contribution in [0.5, 0.6) is 23.0 Å². The topological polar surface area (TPSA) is 187 Å². The first-order chi connectivity index (χ1) is 40.6. The Morgan fingerprint density at radius 2 is 1.69 bits per heavy atom. The number of benzene rings is 5. The number of nitrogens with one attached hydrogen (secondary N) is 2. The summed E-state index contributed by atoms with van der Waals surface area (Å²) in [5.74, 6) is 9.30. The summed E-state index contributed by atoms with van der Waals surface area (Å²) in [4.78, 5) is 0. The Balaban J connectivity index is 0.973. The maximum absolute atomic E-state index is 11.9. The van der Waals surface area contributed by atoms with Gasteiger partial charge in [0, 0.05) is 71.9 Å². The number of unbranched alkanes of at least 4 members (excludes halogenated alkanes) is 1. The van der Waals surface area contributed by atoms with Crippen LogP contribution in [-0.4, -0.2) is 93.3 Å². The summed E-state index contributed by atoms with van der Waals surface area (Å²) >= 11 is 0. The number of aliphatic hydroxyl groups excluding tert-OH is 3. The lowest BCUT2D eigenvalue weighted by Gasteiger charge is -2.54. The van der Waals surface area contributed by atoms with Crippen molar-refractivity contribution in [1.29, 1.82) is 0 Å². The fourth-order valence-electron chi connectivity index (χ4n) is 14.8. The van der Waals surface area contributed by atoms with Crippen LogP contribution in [-0.2, 0) is 57.5 Å². The van der Waals surface area contributed by atoms with E-state index in [1.54, 1.807) is 24.3 Å². The molecular weight excluding hydrogens is 1040 g/mol. The molecule has 8 N–H and O–H groups in total. The number of aromatic nitrogens is 1. The Hall–Kier alpha value is -6.60. The Labute approximate surface area is 488 Å². The van der Waals surface area contributed by atoms with Crippen molar-refractivity contribution in [1.82, 2.24) is 15.2 Å². The molecule has 13 nitrogen and oxygen atoms in total. The molecule has 13 heteroatoms. The van der Waals surface area contributed by atoms with Crippen LogP contribution in [0.15, 0.2) is 121 Å². The number of fused-ring (bicyclic) bond motifs is 10. The Kier molecular flexibility index (Phi) is 17.3. The lowest BCUT2D eigenvalue weighted by atomic mass is 9.51. The summed E-state index contributed by atoms with van der Waals surface area (Å²) in [6, 6.07) is 30.4. The molecule has 1 saturated heterocycles. The summed E-state index contributed by atoms with van der Waals surface area (Å²) in [6.45, 7) is 2.38. The molecule has 0 radical (unpaired) electrons. The highest BCUT2D eigenvalue weighted by Gasteiger charge is 2.55. The first kappa shape index (κ1) is 56.9. The van der Waals surface area contributed by atoms with E-state index >= 15 is 0 Å². The van der Waals surface area contributed by atoms with Crippen molar-refractivity contribution >= 4 is 16.6 Å². The second kappa shape index (κ2) is 25.3. The third-order valence-corrected chi connectivity index (χ3v) is 19.1. The van der Waals surface area contributed by atoms with Gasteiger partial charge in [0.15, 0.2) is 11.5 Å². The maximum atomic E-state index is 11.9. The molecule has 6 bridgehead atoms. The fraction of sp³-hybridized carbons (Fsp3) is 0.457. The molecule has 0 amide bonds. The minimum Gasteiger partial charge on any atom is -0.508 e. The van der Waals surface area contributed by atoms with Crippen molar-refractivity contribution in [2.45, 2.75) is 152 Å². The van der Waals surface area contributed by atoms with Gasteiger partial charge in [0.05, 0.1) is 38.8 Å². The van der Waals surface area contributed by atoms with Gasteiger partial charge in [-0.25, -0.2) is 0 Å². The van der Waals surface area contributed by atoms with Gasteiger partial charge in [0.2, 0.25) is 0 Å². The number of aryl methyl sites for hydroxylation is 2. The van der Waals surface area contributed by atoms with Crippen LogP contribution in [0.4, 0.5) is 0 Å². The van der Waals surface area contributed by atoms with Crippen LogP contribution in [0.1, 0.15) is 140 Å². The number of phenols is 3. The molecule has 1 saturated carbocycles. The van der Waals surface area contributed by atoms with Gasteiger partial charge in [-0.3, -0.25) is 5.32 Å². The van der Waals surface area contributed by atoms with Crippen LogP contribution in [0.25, 0.3) is 16.6 Å². The molecule has 5 heterocycles. The molecule has 6 atom stereocenters. The van der Waals surface area contributed by atoms with Crippen LogP contribution in [0.3, 0.4) is 0 Å². The number of phenolic OH excluding ortho intramolecular Hbond substituents is 3. The lowest BCUT2D eigenvalue weighted by Crippen LogP contribution is -2.51. The second-order valence-corrected chi connectivity index (χ2v) is 24.4. The molecule has 2 fully saturated rings. The molecule has 4 aliphatic heterocycles. The highest BCUT2D eigenvalue weighted by Crippen LogP contribution is 2.60. The number of nitrogens with zero attached hydrogens (tertiary/aromatic N) is 1. The summed E-state index contributed by atoms with van der Waals surface area (Å²) in [5.41, 5.74) is 10.9. The van der Waals surface area contributed by atoms with Crippen molar-refractivity contribution in [2.75, 3.05) is 39.8 Å². The number of dihydropyridines is 1. The van der Waals surface area contributed by atoms with E-state index in [9.17, 15) is 30.6 Å². The Morgan fingerprint density at radius 1 is 0.807 bits per heavy atom. The first-order valence-electron chi connectivity index (χ1n) is 30.5. The lowest BCUT2D eigenvalue weighted by molar-refractivity contribution is -0.00873. The minimum atomic E-state index is -0.715. The van der Waals surface area contributed by atoms with Gasteiger partial charge in [-0.05, 0) is 194 Å². The highest BCUT2D eigenvalue weighted by atomic mass is 16.5. The van der Waals surface area contributed by atoms with Gasteiger partial charge in [-0.2, -0.15) is 0 Å². The predicted molar refractivity (Wildman–Crippen MR) is 321 cm³/mol. The van der Waals surface area contributed by atoms with Gasteiger partial charge >= 0.3 is 0 Å². The molecule has 83 heavy (non-hydrogen) atoms. The molecule has 6 aromatic rings. The molecule has 5 aromatic carbocycles. The molecular formula is C70H81N3O10. The minimum absolute atomic E-state index is 0.0166. The number of hydrogen-bond donors (Lipinski definition) is 8. The monoisotopic (exact) mass is 1120 g/mol. The average Bonchev–Trinajstić information content (AvgIpc) is 2.96.